The lowest BCUT2D eigenvalue weighted by atomic mass is 9.94. The number of aryl methyl sites for hydroxylation is 1. The summed E-state index contributed by atoms with van der Waals surface area (Å²) in [4.78, 5) is 0. The van der Waals surface area contributed by atoms with Gasteiger partial charge in [-0.3, -0.25) is 0 Å². The SMILES string of the molecule is CCc1ccccc1C(N)c1ccc(F)cc1. The van der Waals surface area contributed by atoms with E-state index in [1.807, 2.05) is 18.2 Å². The third-order valence-corrected chi connectivity index (χ3v) is 3.00. The van der Waals surface area contributed by atoms with Gasteiger partial charge in [0.25, 0.3) is 0 Å². The van der Waals surface area contributed by atoms with Crippen LogP contribution >= 0.6 is 0 Å². The zero-order valence-corrected chi connectivity index (χ0v) is 9.86. The molecule has 0 amide bonds. The van der Waals surface area contributed by atoms with E-state index in [-0.39, 0.29) is 11.9 Å². The highest BCUT2D eigenvalue weighted by Crippen LogP contribution is 2.23. The van der Waals surface area contributed by atoms with Crippen LogP contribution in [0.15, 0.2) is 48.5 Å². The van der Waals surface area contributed by atoms with Crippen LogP contribution < -0.4 is 5.73 Å². The lowest BCUT2D eigenvalue weighted by Crippen LogP contribution is -2.13. The van der Waals surface area contributed by atoms with Gasteiger partial charge in [-0.2, -0.15) is 0 Å². The Hall–Kier alpha value is -1.67. The largest absolute Gasteiger partial charge is 0.320 e. The molecule has 2 rings (SSSR count). The molecule has 17 heavy (non-hydrogen) atoms. The quantitative estimate of drug-likeness (QED) is 0.857. The van der Waals surface area contributed by atoms with Gasteiger partial charge in [0.05, 0.1) is 6.04 Å². The van der Waals surface area contributed by atoms with E-state index in [4.69, 9.17) is 5.73 Å². The summed E-state index contributed by atoms with van der Waals surface area (Å²) in [6.45, 7) is 2.11. The summed E-state index contributed by atoms with van der Waals surface area (Å²) >= 11 is 0. The fraction of sp³-hybridized carbons (Fsp3) is 0.200. The van der Waals surface area contributed by atoms with Crippen molar-refractivity contribution < 1.29 is 4.39 Å². The molecule has 0 heterocycles. The van der Waals surface area contributed by atoms with Crippen LogP contribution in [0.1, 0.15) is 29.7 Å². The van der Waals surface area contributed by atoms with Crippen LogP contribution in [0.25, 0.3) is 0 Å². The highest BCUT2D eigenvalue weighted by molar-refractivity contribution is 5.37. The maximum Gasteiger partial charge on any atom is 0.123 e. The maximum atomic E-state index is 12.9. The minimum absolute atomic E-state index is 0.188. The molecule has 88 valence electrons. The van der Waals surface area contributed by atoms with Crippen molar-refractivity contribution in [1.29, 1.82) is 0 Å². The Kier molecular flexibility index (Phi) is 3.55. The molecular weight excluding hydrogens is 213 g/mol. The van der Waals surface area contributed by atoms with Crippen molar-refractivity contribution in [1.82, 2.24) is 0 Å². The summed E-state index contributed by atoms with van der Waals surface area (Å²) in [5.74, 6) is -0.232. The molecule has 2 N–H and O–H groups in total. The molecule has 1 nitrogen and oxygen atoms in total. The monoisotopic (exact) mass is 229 g/mol. The van der Waals surface area contributed by atoms with Gasteiger partial charge in [0.2, 0.25) is 0 Å². The highest BCUT2D eigenvalue weighted by Gasteiger charge is 2.11. The number of hydrogen-bond acceptors (Lipinski definition) is 1. The molecule has 0 radical (unpaired) electrons. The topological polar surface area (TPSA) is 26.0 Å². The van der Waals surface area contributed by atoms with Crippen LogP contribution in [-0.2, 0) is 6.42 Å². The van der Waals surface area contributed by atoms with Gasteiger partial charge in [0, 0.05) is 0 Å². The average molecular weight is 229 g/mol. The number of benzene rings is 2. The van der Waals surface area contributed by atoms with Gasteiger partial charge in [-0.1, -0.05) is 43.3 Å². The fourth-order valence-electron chi connectivity index (χ4n) is 2.01. The number of rotatable bonds is 3. The van der Waals surface area contributed by atoms with Crippen molar-refractivity contribution in [2.45, 2.75) is 19.4 Å². The smallest absolute Gasteiger partial charge is 0.123 e. The van der Waals surface area contributed by atoms with Crippen molar-refractivity contribution in [3.05, 3.63) is 71.0 Å². The number of hydrogen-bond donors (Lipinski definition) is 1. The first-order valence-corrected chi connectivity index (χ1v) is 5.81. The molecule has 0 fully saturated rings. The summed E-state index contributed by atoms with van der Waals surface area (Å²) in [5, 5.41) is 0. The summed E-state index contributed by atoms with van der Waals surface area (Å²) in [6, 6.07) is 14.3. The Morgan fingerprint density at radius 2 is 1.71 bits per heavy atom. The molecule has 2 aromatic carbocycles. The average Bonchev–Trinajstić information content (AvgIpc) is 2.39. The second-order valence-electron chi connectivity index (χ2n) is 4.08. The molecule has 0 saturated heterocycles. The molecule has 2 heteroatoms. The zero-order valence-electron chi connectivity index (χ0n) is 9.86. The van der Waals surface area contributed by atoms with Gasteiger partial charge in [0.1, 0.15) is 5.82 Å². The molecule has 0 spiro atoms. The standard InChI is InChI=1S/C15H16FN/c1-2-11-5-3-4-6-14(11)15(17)12-7-9-13(16)10-8-12/h3-10,15H,2,17H2,1H3. The van der Waals surface area contributed by atoms with E-state index in [1.54, 1.807) is 12.1 Å². The predicted molar refractivity (Wildman–Crippen MR) is 68.3 cm³/mol. The molecular formula is C15H16FN. The minimum atomic E-state index is -0.232. The van der Waals surface area contributed by atoms with E-state index in [0.717, 1.165) is 17.5 Å². The number of nitrogens with two attached hydrogens (primary N) is 1. The van der Waals surface area contributed by atoms with Gasteiger partial charge < -0.3 is 5.73 Å². The molecule has 1 unspecified atom stereocenters. The lowest BCUT2D eigenvalue weighted by molar-refractivity contribution is 0.626. The zero-order chi connectivity index (χ0) is 12.3. The van der Waals surface area contributed by atoms with Gasteiger partial charge in [0.15, 0.2) is 0 Å². The Bertz CT molecular complexity index is 491. The molecule has 0 bridgehead atoms. The summed E-state index contributed by atoms with van der Waals surface area (Å²) in [5.41, 5.74) is 9.51. The first-order valence-electron chi connectivity index (χ1n) is 5.81. The van der Waals surface area contributed by atoms with Crippen molar-refractivity contribution in [3.8, 4) is 0 Å². The van der Waals surface area contributed by atoms with E-state index >= 15 is 0 Å². The van der Waals surface area contributed by atoms with Gasteiger partial charge in [-0.05, 0) is 35.2 Å². The maximum absolute atomic E-state index is 12.9. The Morgan fingerprint density at radius 1 is 1.06 bits per heavy atom. The fourth-order valence-corrected chi connectivity index (χ4v) is 2.01. The Balaban J connectivity index is 2.36. The number of halogens is 1. The first kappa shape index (κ1) is 11.8. The van der Waals surface area contributed by atoms with E-state index < -0.39 is 0 Å². The van der Waals surface area contributed by atoms with Crippen LogP contribution in [0.5, 0.6) is 0 Å². The summed E-state index contributed by atoms with van der Waals surface area (Å²) < 4.78 is 12.9. The van der Waals surface area contributed by atoms with Crippen molar-refractivity contribution in [2.24, 2.45) is 5.73 Å². The minimum Gasteiger partial charge on any atom is -0.320 e. The van der Waals surface area contributed by atoms with E-state index in [1.165, 1.54) is 17.7 Å². The van der Waals surface area contributed by atoms with E-state index in [9.17, 15) is 4.39 Å². The summed E-state index contributed by atoms with van der Waals surface area (Å²) in [6.07, 6.45) is 0.949. The first-order chi connectivity index (χ1) is 8.22. The molecule has 0 aliphatic rings. The molecule has 0 saturated carbocycles. The molecule has 0 aliphatic carbocycles. The second-order valence-corrected chi connectivity index (χ2v) is 4.08. The molecule has 1 atom stereocenters. The third-order valence-electron chi connectivity index (χ3n) is 3.00. The third kappa shape index (κ3) is 2.53. The van der Waals surface area contributed by atoms with Crippen LogP contribution in [0.4, 0.5) is 4.39 Å². The van der Waals surface area contributed by atoms with Crippen LogP contribution in [0.2, 0.25) is 0 Å². The van der Waals surface area contributed by atoms with Crippen molar-refractivity contribution in [3.63, 3.8) is 0 Å². The lowest BCUT2D eigenvalue weighted by Gasteiger charge is -2.16. The van der Waals surface area contributed by atoms with Gasteiger partial charge in [-0.15, -0.1) is 0 Å². The summed E-state index contributed by atoms with van der Waals surface area (Å²) in [7, 11) is 0. The second kappa shape index (κ2) is 5.11. The van der Waals surface area contributed by atoms with Gasteiger partial charge in [-0.25, -0.2) is 4.39 Å². The Morgan fingerprint density at radius 3 is 2.35 bits per heavy atom. The van der Waals surface area contributed by atoms with E-state index in [0.29, 0.717) is 0 Å². The van der Waals surface area contributed by atoms with Gasteiger partial charge >= 0.3 is 0 Å². The van der Waals surface area contributed by atoms with Crippen LogP contribution in [-0.4, -0.2) is 0 Å². The van der Waals surface area contributed by atoms with Crippen LogP contribution in [0.3, 0.4) is 0 Å². The molecule has 0 aliphatic heterocycles. The Labute approximate surface area is 101 Å². The van der Waals surface area contributed by atoms with Crippen LogP contribution in [0, 0.1) is 5.82 Å². The predicted octanol–water partition coefficient (Wildman–Crippen LogP) is 3.44. The molecule has 0 aromatic heterocycles. The van der Waals surface area contributed by atoms with Crippen molar-refractivity contribution >= 4 is 0 Å². The van der Waals surface area contributed by atoms with Crippen molar-refractivity contribution in [2.75, 3.05) is 0 Å². The highest BCUT2D eigenvalue weighted by atomic mass is 19.1. The normalized spacial score (nSPS) is 12.4. The molecule has 2 aromatic rings. The van der Waals surface area contributed by atoms with E-state index in [2.05, 4.69) is 13.0 Å².